The lowest BCUT2D eigenvalue weighted by atomic mass is 9.92. The highest BCUT2D eigenvalue weighted by Gasteiger charge is 2.58. The fourth-order valence-corrected chi connectivity index (χ4v) is 8.80. The zero-order valence-electron chi connectivity index (χ0n) is 17.9. The van der Waals surface area contributed by atoms with E-state index in [-0.39, 0.29) is 22.2 Å². The molecule has 3 heterocycles. The van der Waals surface area contributed by atoms with Crippen LogP contribution < -0.4 is 0 Å². The van der Waals surface area contributed by atoms with E-state index >= 15 is 0 Å². The molecule has 2 saturated heterocycles. The SMILES string of the molecule is CCOC(C)(C)C(=O)OCOC(=O)C1=C(SC2CC[S+](O)C2)SC2C(C(C)O)C(=O)N12. The maximum Gasteiger partial charge on any atom is 0.359 e. The van der Waals surface area contributed by atoms with Crippen LogP contribution in [0.2, 0.25) is 0 Å². The molecule has 0 bridgehead atoms. The number of fused-ring (bicyclic) bond motifs is 1. The van der Waals surface area contributed by atoms with Crippen molar-refractivity contribution in [2.24, 2.45) is 5.92 Å². The first kappa shape index (κ1) is 24.7. The number of β-lactam (4-membered cyclic amide) rings is 1. The smallest absolute Gasteiger partial charge is 0.359 e. The van der Waals surface area contributed by atoms with Crippen LogP contribution in [0.15, 0.2) is 9.93 Å². The molecule has 3 aliphatic heterocycles. The summed E-state index contributed by atoms with van der Waals surface area (Å²) in [7, 11) is 0. The number of carbonyl (C=O) groups is 3. The molecule has 0 saturated carbocycles. The van der Waals surface area contributed by atoms with Crippen molar-refractivity contribution < 1.29 is 38.3 Å². The first-order valence-electron chi connectivity index (χ1n) is 10.0. The lowest BCUT2D eigenvalue weighted by Gasteiger charge is -2.43. The summed E-state index contributed by atoms with van der Waals surface area (Å²) in [5.74, 6) is -0.995. The molecule has 3 aliphatic rings. The van der Waals surface area contributed by atoms with Gasteiger partial charge in [0.15, 0.2) is 17.1 Å². The monoisotopic (exact) mass is 494 g/mol. The van der Waals surface area contributed by atoms with Crippen molar-refractivity contribution in [3.63, 3.8) is 0 Å². The zero-order chi connectivity index (χ0) is 22.9. The summed E-state index contributed by atoms with van der Waals surface area (Å²) < 4.78 is 26.0. The minimum absolute atomic E-state index is 0.117. The predicted octanol–water partition coefficient (Wildman–Crippen LogP) is 1.52. The van der Waals surface area contributed by atoms with Gasteiger partial charge in [0, 0.05) is 13.0 Å². The van der Waals surface area contributed by atoms with E-state index in [2.05, 4.69) is 0 Å². The third-order valence-corrected chi connectivity index (χ3v) is 9.74. The van der Waals surface area contributed by atoms with Crippen molar-refractivity contribution in [3.8, 4) is 0 Å². The summed E-state index contributed by atoms with van der Waals surface area (Å²) in [4.78, 5) is 38.9. The van der Waals surface area contributed by atoms with Crippen LogP contribution >= 0.6 is 23.5 Å². The minimum atomic E-state index is -1.17. The van der Waals surface area contributed by atoms with Crippen molar-refractivity contribution in [2.45, 2.75) is 56.4 Å². The molecule has 1 amide bonds. The van der Waals surface area contributed by atoms with E-state index in [0.717, 1.165) is 12.2 Å². The molecular formula is C19H28NO8S3+. The van der Waals surface area contributed by atoms with Crippen LogP contribution in [0.1, 0.15) is 34.1 Å². The van der Waals surface area contributed by atoms with Gasteiger partial charge in [-0.3, -0.25) is 9.69 Å². The lowest BCUT2D eigenvalue weighted by molar-refractivity contribution is -0.183. The molecule has 0 aromatic heterocycles. The molecule has 31 heavy (non-hydrogen) atoms. The van der Waals surface area contributed by atoms with Crippen LogP contribution in [-0.4, -0.2) is 79.6 Å². The minimum Gasteiger partial charge on any atom is -0.426 e. The van der Waals surface area contributed by atoms with Gasteiger partial charge in [-0.05, 0) is 27.7 Å². The average molecular weight is 495 g/mol. The second-order valence-electron chi connectivity index (χ2n) is 7.91. The molecular weight excluding hydrogens is 466 g/mol. The Kier molecular flexibility index (Phi) is 7.91. The normalized spacial score (nSPS) is 29.0. The first-order valence-corrected chi connectivity index (χ1v) is 13.3. The highest BCUT2D eigenvalue weighted by Crippen LogP contribution is 2.55. The molecule has 5 atom stereocenters. The Labute approximate surface area is 192 Å². The summed E-state index contributed by atoms with van der Waals surface area (Å²) in [6.45, 7) is 6.15. The molecule has 0 aliphatic carbocycles. The Morgan fingerprint density at radius 1 is 1.39 bits per heavy atom. The molecule has 9 nitrogen and oxygen atoms in total. The third-order valence-electron chi connectivity index (χ3n) is 5.16. The summed E-state index contributed by atoms with van der Waals surface area (Å²) in [6, 6.07) is 0. The third kappa shape index (κ3) is 5.19. The number of hydrogen-bond donors (Lipinski definition) is 2. The number of rotatable bonds is 9. The van der Waals surface area contributed by atoms with Crippen LogP contribution in [0.5, 0.6) is 0 Å². The highest BCUT2D eigenvalue weighted by atomic mass is 32.2. The Balaban J connectivity index is 1.68. The molecule has 2 fully saturated rings. The summed E-state index contributed by atoms with van der Waals surface area (Å²) >= 11 is 2.18. The molecule has 0 aromatic rings. The summed E-state index contributed by atoms with van der Waals surface area (Å²) in [6.07, 6.45) is -0.0152. The number of esters is 2. The summed E-state index contributed by atoms with van der Waals surface area (Å²) in [5, 5.41) is 9.71. The van der Waals surface area contributed by atoms with Gasteiger partial charge in [-0.25, -0.2) is 9.59 Å². The van der Waals surface area contributed by atoms with Crippen LogP contribution in [0.3, 0.4) is 0 Å². The Bertz CT molecular complexity index is 771. The van der Waals surface area contributed by atoms with Gasteiger partial charge in [0.2, 0.25) is 12.7 Å². The van der Waals surface area contributed by atoms with Crippen molar-refractivity contribution in [1.29, 1.82) is 0 Å². The molecule has 3 rings (SSSR count). The highest BCUT2D eigenvalue weighted by molar-refractivity contribution is 8.23. The largest absolute Gasteiger partial charge is 0.426 e. The van der Waals surface area contributed by atoms with E-state index in [1.165, 1.54) is 28.4 Å². The van der Waals surface area contributed by atoms with Crippen LogP contribution in [0.25, 0.3) is 0 Å². The van der Waals surface area contributed by atoms with Gasteiger partial charge in [-0.2, -0.15) is 4.55 Å². The molecule has 5 unspecified atom stereocenters. The fourth-order valence-electron chi connectivity index (χ4n) is 3.52. The first-order chi connectivity index (χ1) is 14.6. The van der Waals surface area contributed by atoms with Gasteiger partial charge in [0.05, 0.1) is 21.5 Å². The van der Waals surface area contributed by atoms with Gasteiger partial charge in [-0.15, -0.1) is 11.8 Å². The quantitative estimate of drug-likeness (QED) is 0.211. The fraction of sp³-hybridized carbons (Fsp3) is 0.737. The zero-order valence-corrected chi connectivity index (χ0v) is 20.3. The van der Waals surface area contributed by atoms with Gasteiger partial charge >= 0.3 is 11.9 Å². The number of amides is 1. The van der Waals surface area contributed by atoms with Crippen LogP contribution in [0.4, 0.5) is 0 Å². The molecule has 174 valence electrons. The number of carbonyl (C=O) groups excluding carboxylic acids is 3. The van der Waals surface area contributed by atoms with Crippen molar-refractivity contribution in [3.05, 3.63) is 9.93 Å². The molecule has 0 spiro atoms. The van der Waals surface area contributed by atoms with E-state index in [1.54, 1.807) is 27.7 Å². The lowest BCUT2D eigenvalue weighted by Crippen LogP contribution is -2.60. The number of thioether (sulfide) groups is 2. The second kappa shape index (κ2) is 9.92. The Morgan fingerprint density at radius 2 is 2.10 bits per heavy atom. The standard InChI is InChI=1S/C19H28NO8S3/c1-5-28-19(3,4)18(24)27-9-26-16(23)13-17(29-11-6-7-31(25)8-11)30-15-12(10(2)21)14(22)20(13)15/h10-12,15,21,25H,5-9H2,1-4H3/q+1. The number of aliphatic hydroxyl groups excluding tert-OH is 1. The van der Waals surface area contributed by atoms with E-state index in [4.69, 9.17) is 14.2 Å². The maximum atomic E-state index is 12.8. The Hall–Kier alpha value is -0.920. The van der Waals surface area contributed by atoms with Gasteiger partial charge < -0.3 is 19.3 Å². The van der Waals surface area contributed by atoms with Gasteiger partial charge in [0.25, 0.3) is 0 Å². The van der Waals surface area contributed by atoms with E-state index < -0.39 is 47.5 Å². The topological polar surface area (TPSA) is 123 Å². The van der Waals surface area contributed by atoms with Crippen LogP contribution in [0, 0.1) is 5.92 Å². The average Bonchev–Trinajstić information content (AvgIpc) is 3.22. The van der Waals surface area contributed by atoms with E-state index in [9.17, 15) is 24.0 Å². The number of ether oxygens (including phenoxy) is 3. The van der Waals surface area contributed by atoms with E-state index in [0.29, 0.717) is 16.6 Å². The Morgan fingerprint density at radius 3 is 2.68 bits per heavy atom. The van der Waals surface area contributed by atoms with Crippen molar-refractivity contribution >= 4 is 52.5 Å². The molecule has 0 aromatic carbocycles. The van der Waals surface area contributed by atoms with Crippen molar-refractivity contribution in [2.75, 3.05) is 24.9 Å². The molecule has 2 N–H and O–H groups in total. The molecule has 0 radical (unpaired) electrons. The van der Waals surface area contributed by atoms with Gasteiger partial charge in [0.1, 0.15) is 22.3 Å². The van der Waals surface area contributed by atoms with Crippen LogP contribution in [-0.2, 0) is 39.8 Å². The van der Waals surface area contributed by atoms with Crippen molar-refractivity contribution in [1.82, 2.24) is 4.90 Å². The number of hydrogen-bond acceptors (Lipinski definition) is 10. The second-order valence-corrected chi connectivity index (χ2v) is 12.3. The number of nitrogens with zero attached hydrogens (tertiary/aromatic N) is 1. The predicted molar refractivity (Wildman–Crippen MR) is 119 cm³/mol. The van der Waals surface area contributed by atoms with Gasteiger partial charge in [-0.1, -0.05) is 11.8 Å². The number of aliphatic hydroxyl groups is 1. The maximum absolute atomic E-state index is 12.8. The van der Waals surface area contributed by atoms with E-state index in [1.807, 2.05) is 0 Å². The summed E-state index contributed by atoms with van der Waals surface area (Å²) in [5.41, 5.74) is -1.05. The molecule has 12 heteroatoms.